The van der Waals surface area contributed by atoms with Crippen LogP contribution in [0.5, 0.6) is 0 Å². The number of benzene rings is 2. The number of anilines is 1. The minimum Gasteiger partial charge on any atom is -0.351 e. The van der Waals surface area contributed by atoms with Gasteiger partial charge in [0.25, 0.3) is 5.91 Å². The first-order valence-electron chi connectivity index (χ1n) is 10.4. The van der Waals surface area contributed by atoms with Crippen LogP contribution in [-0.2, 0) is 21.3 Å². The number of hydrogen-bond donors (Lipinski definition) is 1. The van der Waals surface area contributed by atoms with Gasteiger partial charge in [-0.3, -0.25) is 14.5 Å². The number of carbonyl (C=O) groups excluding carboxylic acids is 2. The number of nitrogens with one attached hydrogen (secondary N) is 1. The normalized spacial score (nSPS) is 21.9. The van der Waals surface area contributed by atoms with Crippen molar-refractivity contribution in [3.05, 3.63) is 64.4 Å². The largest absolute Gasteiger partial charge is 0.416 e. The number of carbonyl (C=O) groups is 2. The van der Waals surface area contributed by atoms with Crippen LogP contribution in [0, 0.1) is 5.82 Å². The first kappa shape index (κ1) is 22.6. The molecule has 0 aromatic heterocycles. The van der Waals surface area contributed by atoms with Gasteiger partial charge in [0.15, 0.2) is 5.54 Å². The fourth-order valence-electron chi connectivity index (χ4n) is 4.57. The van der Waals surface area contributed by atoms with Gasteiger partial charge < -0.3 is 5.32 Å². The number of alkyl halides is 3. The molecule has 2 aliphatic rings. The lowest BCUT2D eigenvalue weighted by atomic mass is 9.75. The van der Waals surface area contributed by atoms with E-state index in [4.69, 9.17) is 11.6 Å². The molecule has 170 valence electrons. The minimum absolute atomic E-state index is 0.0820. The van der Waals surface area contributed by atoms with Crippen LogP contribution >= 0.6 is 11.6 Å². The van der Waals surface area contributed by atoms with E-state index < -0.39 is 34.9 Å². The van der Waals surface area contributed by atoms with Crippen LogP contribution in [0.3, 0.4) is 0 Å². The van der Waals surface area contributed by atoms with E-state index in [1.807, 2.05) is 0 Å². The van der Waals surface area contributed by atoms with Gasteiger partial charge in [0.2, 0.25) is 5.91 Å². The molecule has 32 heavy (non-hydrogen) atoms. The smallest absolute Gasteiger partial charge is 0.351 e. The Morgan fingerprint density at radius 1 is 1.09 bits per heavy atom. The highest BCUT2D eigenvalue weighted by molar-refractivity contribution is 6.34. The van der Waals surface area contributed by atoms with Crippen LogP contribution in [0.15, 0.2) is 42.5 Å². The Bertz CT molecular complexity index is 1050. The summed E-state index contributed by atoms with van der Waals surface area (Å²) in [7, 11) is 0. The highest BCUT2D eigenvalue weighted by atomic mass is 35.5. The van der Waals surface area contributed by atoms with Crippen molar-refractivity contribution in [2.75, 3.05) is 4.90 Å². The average molecular weight is 469 g/mol. The molecule has 1 unspecified atom stereocenters. The third-order valence-electron chi connectivity index (χ3n) is 6.19. The molecule has 2 aromatic carbocycles. The maximum Gasteiger partial charge on any atom is 0.416 e. The Labute approximate surface area is 187 Å². The predicted molar refractivity (Wildman–Crippen MR) is 112 cm³/mol. The van der Waals surface area contributed by atoms with Crippen LogP contribution < -0.4 is 10.2 Å². The van der Waals surface area contributed by atoms with Crippen molar-refractivity contribution in [3.63, 3.8) is 0 Å². The zero-order valence-corrected chi connectivity index (χ0v) is 17.8. The molecule has 2 fully saturated rings. The van der Waals surface area contributed by atoms with Crippen molar-refractivity contribution >= 4 is 29.1 Å². The number of halogens is 5. The molecule has 0 radical (unpaired) electrons. The molecule has 4 nitrogen and oxygen atoms in total. The van der Waals surface area contributed by atoms with Gasteiger partial charge in [0.1, 0.15) is 5.82 Å². The maximum absolute atomic E-state index is 14.9. The molecule has 1 aliphatic carbocycles. The Hall–Kier alpha value is -2.61. The average Bonchev–Trinajstić information content (AvgIpc) is 2.73. The van der Waals surface area contributed by atoms with Crippen molar-refractivity contribution in [3.8, 4) is 0 Å². The van der Waals surface area contributed by atoms with E-state index >= 15 is 0 Å². The number of nitrogens with zero attached hydrogens (tertiary/aromatic N) is 1. The van der Waals surface area contributed by atoms with Crippen LogP contribution in [0.1, 0.15) is 49.7 Å². The molecular formula is C23H21ClF4N2O2. The zero-order chi connectivity index (χ0) is 23.1. The predicted octanol–water partition coefficient (Wildman–Crippen LogP) is 5.58. The third-order valence-corrected chi connectivity index (χ3v) is 6.51. The second kappa shape index (κ2) is 8.39. The summed E-state index contributed by atoms with van der Waals surface area (Å²) in [4.78, 5) is 27.2. The van der Waals surface area contributed by atoms with E-state index in [1.165, 1.54) is 18.2 Å². The first-order chi connectivity index (χ1) is 15.1. The third kappa shape index (κ3) is 3.85. The van der Waals surface area contributed by atoms with Gasteiger partial charge in [0, 0.05) is 11.6 Å². The molecule has 1 heterocycles. The van der Waals surface area contributed by atoms with Crippen molar-refractivity contribution in [1.29, 1.82) is 0 Å². The van der Waals surface area contributed by atoms with Gasteiger partial charge in [-0.25, -0.2) is 4.39 Å². The quantitative estimate of drug-likeness (QED) is 0.470. The number of amides is 2. The van der Waals surface area contributed by atoms with Crippen molar-refractivity contribution in [1.82, 2.24) is 5.32 Å². The van der Waals surface area contributed by atoms with E-state index in [1.54, 1.807) is 0 Å². The van der Waals surface area contributed by atoms with E-state index in [0.717, 1.165) is 61.3 Å². The fourth-order valence-corrected chi connectivity index (χ4v) is 4.77. The molecule has 0 spiro atoms. The topological polar surface area (TPSA) is 49.4 Å². The highest BCUT2D eigenvalue weighted by Gasteiger charge is 2.60. The minimum atomic E-state index is -4.68. The number of rotatable bonds is 4. The maximum atomic E-state index is 14.9. The SMILES string of the molecule is O=C1CC(C(=O)NC2CCCCC2)(c2ccccc2F)N1c1cc(C(F)(F)F)ccc1Cl. The molecule has 4 rings (SSSR count). The van der Waals surface area contributed by atoms with Gasteiger partial charge in [-0.1, -0.05) is 49.1 Å². The van der Waals surface area contributed by atoms with Gasteiger partial charge in [0.05, 0.1) is 22.7 Å². The summed E-state index contributed by atoms with van der Waals surface area (Å²) in [5, 5.41) is 2.77. The molecule has 1 aliphatic heterocycles. The summed E-state index contributed by atoms with van der Waals surface area (Å²) in [6.45, 7) is 0. The number of β-lactam (4-membered cyclic amide) rings is 1. The van der Waals surface area contributed by atoms with Crippen LogP contribution in [0.4, 0.5) is 23.2 Å². The van der Waals surface area contributed by atoms with Crippen LogP contribution in [0.2, 0.25) is 5.02 Å². The summed E-state index contributed by atoms with van der Waals surface area (Å²) in [5.41, 5.74) is -3.21. The summed E-state index contributed by atoms with van der Waals surface area (Å²) in [6.07, 6.45) is -0.652. The molecule has 2 aromatic rings. The lowest BCUT2D eigenvalue weighted by molar-refractivity contribution is -0.141. The molecular weight excluding hydrogens is 448 g/mol. The lowest BCUT2D eigenvalue weighted by Crippen LogP contribution is -2.69. The van der Waals surface area contributed by atoms with Gasteiger partial charge in [-0.15, -0.1) is 0 Å². The van der Waals surface area contributed by atoms with Crippen molar-refractivity contribution < 1.29 is 27.2 Å². The first-order valence-corrected chi connectivity index (χ1v) is 10.8. The molecule has 1 atom stereocenters. The standard InChI is InChI=1S/C23H21ClF4N2O2/c24-17-11-10-14(23(26,27)28)12-19(17)30-20(31)13-22(30,16-8-4-5-9-18(16)25)21(32)29-15-6-2-1-3-7-15/h4-5,8-12,15H,1-3,6-7,13H2,(H,29,32). The fraction of sp³-hybridized carbons (Fsp3) is 0.391. The molecule has 2 amide bonds. The van der Waals surface area contributed by atoms with Gasteiger partial charge in [-0.05, 0) is 37.1 Å². The van der Waals surface area contributed by atoms with E-state index in [-0.39, 0.29) is 28.7 Å². The molecule has 1 saturated carbocycles. The molecule has 0 bridgehead atoms. The van der Waals surface area contributed by atoms with Gasteiger partial charge in [-0.2, -0.15) is 13.2 Å². The summed E-state index contributed by atoms with van der Waals surface area (Å²) in [5.74, 6) is -1.97. The zero-order valence-electron chi connectivity index (χ0n) is 17.0. The highest BCUT2D eigenvalue weighted by Crippen LogP contribution is 2.49. The van der Waals surface area contributed by atoms with E-state index in [9.17, 15) is 27.2 Å². The Morgan fingerprint density at radius 3 is 2.41 bits per heavy atom. The van der Waals surface area contributed by atoms with Crippen LogP contribution in [-0.4, -0.2) is 17.9 Å². The van der Waals surface area contributed by atoms with Crippen molar-refractivity contribution in [2.24, 2.45) is 0 Å². The second-order valence-electron chi connectivity index (χ2n) is 8.22. The Balaban J connectivity index is 1.82. The molecule has 1 saturated heterocycles. The molecule has 9 heteroatoms. The lowest BCUT2D eigenvalue weighted by Gasteiger charge is -2.51. The molecule has 1 N–H and O–H groups in total. The Morgan fingerprint density at radius 2 is 1.78 bits per heavy atom. The van der Waals surface area contributed by atoms with Crippen molar-refractivity contribution in [2.45, 2.75) is 56.3 Å². The summed E-state index contributed by atoms with van der Waals surface area (Å²) >= 11 is 6.18. The van der Waals surface area contributed by atoms with Crippen LogP contribution in [0.25, 0.3) is 0 Å². The monoisotopic (exact) mass is 468 g/mol. The van der Waals surface area contributed by atoms with Gasteiger partial charge >= 0.3 is 6.18 Å². The summed E-state index contributed by atoms with van der Waals surface area (Å²) < 4.78 is 54.9. The summed E-state index contributed by atoms with van der Waals surface area (Å²) in [6, 6.07) is 7.88. The van der Waals surface area contributed by atoms with E-state index in [0.29, 0.717) is 0 Å². The number of hydrogen-bond acceptors (Lipinski definition) is 2. The van der Waals surface area contributed by atoms with E-state index in [2.05, 4.69) is 5.32 Å². The second-order valence-corrected chi connectivity index (χ2v) is 8.63. The Kier molecular flexibility index (Phi) is 5.92.